The number of nitrogens with zero attached hydrogens (tertiary/aromatic N) is 2. The fourth-order valence-electron chi connectivity index (χ4n) is 3.88. The van der Waals surface area contributed by atoms with Crippen LogP contribution in [-0.2, 0) is 0 Å². The predicted octanol–water partition coefficient (Wildman–Crippen LogP) is 4.11. The van der Waals surface area contributed by atoms with Crippen molar-refractivity contribution in [1.82, 2.24) is 9.80 Å². The maximum atomic E-state index is 12.9. The molecular weight excluding hydrogens is 357 g/mol. The molecule has 2 heterocycles. The number of carbonyl (C=O) groups excluding carboxylic acids is 1. The lowest BCUT2D eigenvalue weighted by Crippen LogP contribution is -2.42. The Balaban J connectivity index is 1.50. The Morgan fingerprint density at radius 3 is 2.44 bits per heavy atom. The molecule has 0 N–H and O–H groups in total. The first-order chi connectivity index (χ1) is 12.9. The molecule has 1 amide bonds. The van der Waals surface area contributed by atoms with Crippen molar-refractivity contribution in [3.05, 3.63) is 29.8 Å². The van der Waals surface area contributed by atoms with Crippen LogP contribution in [0.2, 0.25) is 0 Å². The van der Waals surface area contributed by atoms with Crippen molar-refractivity contribution < 1.29 is 22.7 Å². The van der Waals surface area contributed by atoms with E-state index in [1.54, 1.807) is 24.3 Å². The van der Waals surface area contributed by atoms with Crippen molar-refractivity contribution >= 4 is 5.91 Å². The van der Waals surface area contributed by atoms with E-state index in [-0.39, 0.29) is 25.0 Å². The molecular formula is C20H27F3N2O2. The number of carbonyl (C=O) groups is 1. The molecule has 0 bridgehead atoms. The molecule has 0 spiro atoms. The summed E-state index contributed by atoms with van der Waals surface area (Å²) in [7, 11) is 0. The summed E-state index contributed by atoms with van der Waals surface area (Å²) in [6, 6.07) is 6.99. The summed E-state index contributed by atoms with van der Waals surface area (Å²) in [6.45, 7) is 3.99. The van der Waals surface area contributed by atoms with Gasteiger partial charge in [0.15, 0.2) is 0 Å². The number of alkyl halides is 3. The van der Waals surface area contributed by atoms with Crippen molar-refractivity contribution in [2.24, 2.45) is 0 Å². The average molecular weight is 384 g/mol. The SMILES string of the molecule is O=C(c1ccc(OCCCC(F)(F)F)cc1)N1CCC[C@H]1CN1CCCC1. The lowest BCUT2D eigenvalue weighted by atomic mass is 10.1. The Bertz CT molecular complexity index is 613. The van der Waals surface area contributed by atoms with Crippen LogP contribution in [-0.4, -0.2) is 60.7 Å². The third-order valence-electron chi connectivity index (χ3n) is 5.28. The van der Waals surface area contributed by atoms with E-state index >= 15 is 0 Å². The summed E-state index contributed by atoms with van der Waals surface area (Å²) in [4.78, 5) is 17.3. The van der Waals surface area contributed by atoms with E-state index in [4.69, 9.17) is 4.74 Å². The van der Waals surface area contributed by atoms with Gasteiger partial charge in [0, 0.05) is 31.1 Å². The van der Waals surface area contributed by atoms with Crippen LogP contribution in [0.4, 0.5) is 13.2 Å². The Kier molecular flexibility index (Phi) is 6.63. The minimum absolute atomic E-state index is 0.0108. The smallest absolute Gasteiger partial charge is 0.389 e. The quantitative estimate of drug-likeness (QED) is 0.664. The van der Waals surface area contributed by atoms with E-state index in [1.807, 2.05) is 4.90 Å². The van der Waals surface area contributed by atoms with Gasteiger partial charge < -0.3 is 14.5 Å². The molecule has 1 aromatic carbocycles. The number of hydrogen-bond donors (Lipinski definition) is 0. The summed E-state index contributed by atoms with van der Waals surface area (Å²) in [5, 5.41) is 0. The molecule has 2 aliphatic rings. The zero-order valence-electron chi connectivity index (χ0n) is 15.5. The molecule has 2 fully saturated rings. The van der Waals surface area contributed by atoms with Gasteiger partial charge in [-0.2, -0.15) is 13.2 Å². The van der Waals surface area contributed by atoms with Crippen LogP contribution in [0, 0.1) is 0 Å². The van der Waals surface area contributed by atoms with Crippen molar-refractivity contribution in [2.45, 2.75) is 50.7 Å². The zero-order valence-corrected chi connectivity index (χ0v) is 15.5. The first-order valence-electron chi connectivity index (χ1n) is 9.75. The van der Waals surface area contributed by atoms with Gasteiger partial charge in [-0.3, -0.25) is 4.79 Å². The van der Waals surface area contributed by atoms with Gasteiger partial charge in [0.25, 0.3) is 5.91 Å². The van der Waals surface area contributed by atoms with Gasteiger partial charge in [-0.25, -0.2) is 0 Å². The first kappa shape index (κ1) is 20.0. The molecule has 2 saturated heterocycles. The third kappa shape index (κ3) is 5.86. The molecule has 0 aliphatic carbocycles. The molecule has 0 unspecified atom stereocenters. The molecule has 7 heteroatoms. The van der Waals surface area contributed by atoms with E-state index in [0.717, 1.165) is 39.0 Å². The second kappa shape index (κ2) is 8.95. The van der Waals surface area contributed by atoms with E-state index < -0.39 is 12.6 Å². The van der Waals surface area contributed by atoms with Crippen molar-refractivity contribution in [1.29, 1.82) is 0 Å². The summed E-state index contributed by atoms with van der Waals surface area (Å²) in [6.07, 6.45) is -0.516. The molecule has 0 saturated carbocycles. The largest absolute Gasteiger partial charge is 0.494 e. The number of likely N-dealkylation sites (tertiary alicyclic amines) is 2. The highest BCUT2D eigenvalue weighted by Crippen LogP contribution is 2.24. The molecule has 0 radical (unpaired) electrons. The number of hydrogen-bond acceptors (Lipinski definition) is 3. The fraction of sp³-hybridized carbons (Fsp3) is 0.650. The van der Waals surface area contributed by atoms with Crippen LogP contribution in [0.5, 0.6) is 5.75 Å². The lowest BCUT2D eigenvalue weighted by molar-refractivity contribution is -0.136. The normalized spacial score (nSPS) is 21.0. The second-order valence-corrected chi connectivity index (χ2v) is 7.39. The maximum Gasteiger partial charge on any atom is 0.389 e. The van der Waals surface area contributed by atoms with Crippen LogP contribution in [0.3, 0.4) is 0 Å². The summed E-state index contributed by atoms with van der Waals surface area (Å²) in [5.41, 5.74) is 0.603. The molecule has 2 aliphatic heterocycles. The van der Waals surface area contributed by atoms with Crippen LogP contribution >= 0.6 is 0 Å². The molecule has 150 valence electrons. The molecule has 27 heavy (non-hydrogen) atoms. The standard InChI is InChI=1S/C20H27F3N2O2/c21-20(22,23)10-4-14-27-18-8-6-16(7-9-18)19(26)25-13-3-5-17(25)15-24-11-1-2-12-24/h6-9,17H,1-5,10-15H2/t17-/m0/s1. The van der Waals surface area contributed by atoms with Crippen molar-refractivity contribution in [2.75, 3.05) is 32.8 Å². The molecule has 0 aromatic heterocycles. The Morgan fingerprint density at radius 2 is 1.78 bits per heavy atom. The highest BCUT2D eigenvalue weighted by molar-refractivity contribution is 5.94. The fourth-order valence-corrected chi connectivity index (χ4v) is 3.88. The Labute approximate surface area is 158 Å². The number of ether oxygens (including phenoxy) is 1. The van der Waals surface area contributed by atoms with Gasteiger partial charge in [0.2, 0.25) is 0 Å². The number of halogens is 3. The zero-order chi connectivity index (χ0) is 19.3. The predicted molar refractivity (Wildman–Crippen MR) is 97.0 cm³/mol. The topological polar surface area (TPSA) is 32.8 Å². The Hall–Kier alpha value is -1.76. The molecule has 3 rings (SSSR count). The lowest BCUT2D eigenvalue weighted by Gasteiger charge is -2.28. The third-order valence-corrected chi connectivity index (χ3v) is 5.28. The number of amides is 1. The molecule has 1 aromatic rings. The number of benzene rings is 1. The maximum absolute atomic E-state index is 12.9. The van der Waals surface area contributed by atoms with E-state index in [0.29, 0.717) is 11.3 Å². The van der Waals surface area contributed by atoms with Gasteiger partial charge in [0.05, 0.1) is 6.61 Å². The van der Waals surface area contributed by atoms with Gasteiger partial charge in [0.1, 0.15) is 5.75 Å². The van der Waals surface area contributed by atoms with Crippen LogP contribution in [0.15, 0.2) is 24.3 Å². The van der Waals surface area contributed by atoms with Crippen molar-refractivity contribution in [3.63, 3.8) is 0 Å². The summed E-state index contributed by atoms with van der Waals surface area (Å²) >= 11 is 0. The van der Waals surface area contributed by atoms with Crippen molar-refractivity contribution in [3.8, 4) is 5.75 Å². The monoisotopic (exact) mass is 384 g/mol. The van der Waals surface area contributed by atoms with Gasteiger partial charge in [-0.05, 0) is 69.5 Å². The van der Waals surface area contributed by atoms with Gasteiger partial charge in [-0.1, -0.05) is 0 Å². The van der Waals surface area contributed by atoms with Crippen LogP contribution in [0.25, 0.3) is 0 Å². The molecule has 1 atom stereocenters. The summed E-state index contributed by atoms with van der Waals surface area (Å²) in [5.74, 6) is 0.518. The van der Waals surface area contributed by atoms with Crippen LogP contribution in [0.1, 0.15) is 48.9 Å². The summed E-state index contributed by atoms with van der Waals surface area (Å²) < 4.78 is 41.7. The van der Waals surface area contributed by atoms with Crippen LogP contribution < -0.4 is 4.74 Å². The van der Waals surface area contributed by atoms with E-state index in [1.165, 1.54) is 12.8 Å². The van der Waals surface area contributed by atoms with Gasteiger partial charge in [-0.15, -0.1) is 0 Å². The highest BCUT2D eigenvalue weighted by Gasteiger charge is 2.31. The van der Waals surface area contributed by atoms with Gasteiger partial charge >= 0.3 is 6.18 Å². The van der Waals surface area contributed by atoms with E-state index in [2.05, 4.69) is 4.90 Å². The first-order valence-corrected chi connectivity index (χ1v) is 9.75. The average Bonchev–Trinajstić information content (AvgIpc) is 3.30. The minimum atomic E-state index is -4.15. The van der Waals surface area contributed by atoms with E-state index in [9.17, 15) is 18.0 Å². The highest BCUT2D eigenvalue weighted by atomic mass is 19.4. The minimum Gasteiger partial charge on any atom is -0.494 e. The molecule has 4 nitrogen and oxygen atoms in total. The second-order valence-electron chi connectivity index (χ2n) is 7.39. The number of rotatable bonds is 7. The Morgan fingerprint density at radius 1 is 1.07 bits per heavy atom.